The summed E-state index contributed by atoms with van der Waals surface area (Å²) in [6.45, 7) is 3.19. The van der Waals surface area contributed by atoms with E-state index >= 15 is 0 Å². The molecule has 0 unspecified atom stereocenters. The topological polar surface area (TPSA) is 61.0 Å². The number of halogens is 1. The molecule has 0 aromatic carbocycles. The molecule has 100 valence electrons. The van der Waals surface area contributed by atoms with E-state index in [0.29, 0.717) is 5.69 Å². The van der Waals surface area contributed by atoms with Crippen molar-refractivity contribution in [3.8, 4) is 0 Å². The molecule has 2 rings (SSSR count). The van der Waals surface area contributed by atoms with E-state index in [1.165, 1.54) is 25.9 Å². The molecule has 0 bridgehead atoms. The monoisotopic (exact) mass is 270 g/mol. The summed E-state index contributed by atoms with van der Waals surface area (Å²) in [5.74, 6) is 0.766. The lowest BCUT2D eigenvalue weighted by Crippen LogP contribution is -2.30. The highest BCUT2D eigenvalue weighted by atomic mass is 35.5. The van der Waals surface area contributed by atoms with E-state index in [1.807, 2.05) is 0 Å². The molecule has 1 aromatic heterocycles. The van der Waals surface area contributed by atoms with Gasteiger partial charge < -0.3 is 10.2 Å². The van der Waals surface area contributed by atoms with E-state index < -0.39 is 0 Å². The number of hydrogen-bond acceptors (Lipinski definition) is 4. The molecule has 0 radical (unpaired) electrons. The second-order valence-electron chi connectivity index (χ2n) is 4.89. The van der Waals surface area contributed by atoms with Crippen molar-refractivity contribution >= 4 is 17.3 Å². The van der Waals surface area contributed by atoms with E-state index in [4.69, 9.17) is 11.6 Å². The molecule has 0 saturated carbocycles. The Hall–Kier alpha value is -1.07. The lowest BCUT2D eigenvalue weighted by atomic mass is 9.94. The number of nitrogens with one attached hydrogen (secondary N) is 2. The molecule has 0 spiro atoms. The Balaban J connectivity index is 1.78. The predicted molar refractivity (Wildman–Crippen MR) is 73.2 cm³/mol. The summed E-state index contributed by atoms with van der Waals surface area (Å²) in [7, 11) is 2.16. The molecule has 2 heterocycles. The Morgan fingerprint density at radius 3 is 3.00 bits per heavy atom. The van der Waals surface area contributed by atoms with E-state index in [0.717, 1.165) is 18.9 Å². The van der Waals surface area contributed by atoms with Gasteiger partial charge in [0.2, 0.25) is 0 Å². The Labute approximate surface area is 112 Å². The van der Waals surface area contributed by atoms with Gasteiger partial charge in [-0.25, -0.2) is 5.10 Å². The Morgan fingerprint density at radius 1 is 1.56 bits per heavy atom. The SMILES string of the molecule is CN1CCC(CCNc2cn[nH]c(=O)c2Cl)CC1. The van der Waals surface area contributed by atoms with Crippen molar-refractivity contribution in [3.63, 3.8) is 0 Å². The summed E-state index contributed by atoms with van der Waals surface area (Å²) < 4.78 is 0. The van der Waals surface area contributed by atoms with Crippen LogP contribution in [0.3, 0.4) is 0 Å². The zero-order chi connectivity index (χ0) is 13.0. The number of H-pyrrole nitrogens is 1. The maximum Gasteiger partial charge on any atom is 0.285 e. The highest BCUT2D eigenvalue weighted by molar-refractivity contribution is 6.32. The summed E-state index contributed by atoms with van der Waals surface area (Å²) in [6, 6.07) is 0. The fraction of sp³-hybridized carbons (Fsp3) is 0.667. The molecule has 1 aliphatic rings. The first kappa shape index (κ1) is 13.4. The smallest absolute Gasteiger partial charge is 0.285 e. The highest BCUT2D eigenvalue weighted by Gasteiger charge is 2.16. The summed E-state index contributed by atoms with van der Waals surface area (Å²) in [5, 5.41) is 9.40. The first-order chi connectivity index (χ1) is 8.66. The van der Waals surface area contributed by atoms with E-state index in [-0.39, 0.29) is 10.6 Å². The van der Waals surface area contributed by atoms with Gasteiger partial charge in [-0.3, -0.25) is 4.79 Å². The van der Waals surface area contributed by atoms with Crippen molar-refractivity contribution < 1.29 is 0 Å². The molecule has 0 amide bonds. The van der Waals surface area contributed by atoms with Crippen molar-refractivity contribution in [1.29, 1.82) is 0 Å². The van der Waals surface area contributed by atoms with Gasteiger partial charge in [0, 0.05) is 6.54 Å². The first-order valence-electron chi connectivity index (χ1n) is 6.32. The third-order valence-electron chi connectivity index (χ3n) is 3.50. The molecule has 5 nitrogen and oxygen atoms in total. The molecule has 0 aliphatic carbocycles. The number of nitrogens with zero attached hydrogens (tertiary/aromatic N) is 2. The van der Waals surface area contributed by atoms with Crippen molar-refractivity contribution in [2.45, 2.75) is 19.3 Å². The summed E-state index contributed by atoms with van der Waals surface area (Å²) in [5.41, 5.74) is 0.273. The third-order valence-corrected chi connectivity index (χ3v) is 3.88. The fourth-order valence-electron chi connectivity index (χ4n) is 2.27. The van der Waals surface area contributed by atoms with Gasteiger partial charge in [-0.15, -0.1) is 0 Å². The van der Waals surface area contributed by atoms with Crippen molar-refractivity contribution in [1.82, 2.24) is 15.1 Å². The van der Waals surface area contributed by atoms with Crippen LogP contribution in [-0.2, 0) is 0 Å². The maximum absolute atomic E-state index is 11.2. The number of aromatic nitrogens is 2. The van der Waals surface area contributed by atoms with Crippen LogP contribution < -0.4 is 10.9 Å². The zero-order valence-corrected chi connectivity index (χ0v) is 11.3. The molecule has 2 N–H and O–H groups in total. The van der Waals surface area contributed by atoms with Gasteiger partial charge in [-0.05, 0) is 45.3 Å². The average molecular weight is 271 g/mol. The molecule has 1 aromatic rings. The Morgan fingerprint density at radius 2 is 2.28 bits per heavy atom. The van der Waals surface area contributed by atoms with Gasteiger partial charge in [0.15, 0.2) is 0 Å². The summed E-state index contributed by atoms with van der Waals surface area (Å²) in [6.07, 6.45) is 5.16. The number of likely N-dealkylation sites (tertiary alicyclic amines) is 1. The second-order valence-corrected chi connectivity index (χ2v) is 5.27. The van der Waals surface area contributed by atoms with E-state index in [1.54, 1.807) is 6.20 Å². The molecule has 18 heavy (non-hydrogen) atoms. The zero-order valence-electron chi connectivity index (χ0n) is 10.6. The van der Waals surface area contributed by atoms with Crippen LogP contribution in [0.15, 0.2) is 11.0 Å². The van der Waals surface area contributed by atoms with Crippen LogP contribution in [0.4, 0.5) is 5.69 Å². The largest absolute Gasteiger partial charge is 0.382 e. The highest BCUT2D eigenvalue weighted by Crippen LogP contribution is 2.20. The van der Waals surface area contributed by atoms with Crippen LogP contribution in [-0.4, -0.2) is 41.8 Å². The number of anilines is 1. The number of rotatable bonds is 4. The standard InChI is InChI=1S/C12H19ClN4O/c1-17-6-3-9(4-7-17)2-5-14-10-8-15-16-12(18)11(10)13/h8-9H,2-7H2,1H3,(H2,14,16,18). The van der Waals surface area contributed by atoms with Crippen LogP contribution in [0, 0.1) is 5.92 Å². The van der Waals surface area contributed by atoms with Gasteiger partial charge in [0.05, 0.1) is 11.9 Å². The molecule has 1 aliphatic heterocycles. The molecular formula is C12H19ClN4O. The van der Waals surface area contributed by atoms with Gasteiger partial charge in [0.1, 0.15) is 5.02 Å². The van der Waals surface area contributed by atoms with Crippen LogP contribution >= 0.6 is 11.6 Å². The first-order valence-corrected chi connectivity index (χ1v) is 6.70. The van der Waals surface area contributed by atoms with Crippen molar-refractivity contribution in [2.75, 3.05) is 32.0 Å². The van der Waals surface area contributed by atoms with Gasteiger partial charge in [-0.1, -0.05) is 11.6 Å². The molecule has 0 atom stereocenters. The normalized spacial score (nSPS) is 17.9. The average Bonchev–Trinajstić information content (AvgIpc) is 2.37. The lowest BCUT2D eigenvalue weighted by molar-refractivity contribution is 0.215. The Kier molecular flexibility index (Phi) is 4.60. The van der Waals surface area contributed by atoms with Gasteiger partial charge in [-0.2, -0.15) is 5.10 Å². The van der Waals surface area contributed by atoms with Crippen molar-refractivity contribution in [2.24, 2.45) is 5.92 Å². The quantitative estimate of drug-likeness (QED) is 0.872. The summed E-state index contributed by atoms with van der Waals surface area (Å²) >= 11 is 5.88. The van der Waals surface area contributed by atoms with Crippen LogP contribution in [0.5, 0.6) is 0 Å². The van der Waals surface area contributed by atoms with Crippen LogP contribution in [0.25, 0.3) is 0 Å². The lowest BCUT2D eigenvalue weighted by Gasteiger charge is -2.28. The summed E-state index contributed by atoms with van der Waals surface area (Å²) in [4.78, 5) is 13.6. The van der Waals surface area contributed by atoms with E-state index in [2.05, 4.69) is 27.5 Å². The van der Waals surface area contributed by atoms with Crippen LogP contribution in [0.2, 0.25) is 5.02 Å². The molecular weight excluding hydrogens is 252 g/mol. The Bertz CT molecular complexity index is 440. The minimum absolute atomic E-state index is 0.188. The molecule has 1 fully saturated rings. The number of piperidine rings is 1. The second kappa shape index (κ2) is 6.20. The number of hydrogen-bond donors (Lipinski definition) is 2. The molecule has 1 saturated heterocycles. The molecule has 6 heteroatoms. The van der Waals surface area contributed by atoms with Crippen LogP contribution in [0.1, 0.15) is 19.3 Å². The maximum atomic E-state index is 11.2. The predicted octanol–water partition coefficient (Wildman–Crippen LogP) is 1.57. The number of aromatic amines is 1. The minimum Gasteiger partial charge on any atom is -0.382 e. The van der Waals surface area contributed by atoms with Gasteiger partial charge >= 0.3 is 0 Å². The minimum atomic E-state index is -0.346. The van der Waals surface area contributed by atoms with Gasteiger partial charge in [0.25, 0.3) is 5.56 Å². The fourth-order valence-corrected chi connectivity index (χ4v) is 2.43. The van der Waals surface area contributed by atoms with E-state index in [9.17, 15) is 4.79 Å². The van der Waals surface area contributed by atoms with Crippen molar-refractivity contribution in [3.05, 3.63) is 21.6 Å². The third kappa shape index (κ3) is 3.46.